The number of aliphatic hydroxyl groups is 1. The van der Waals surface area contributed by atoms with Crippen LogP contribution in [0.3, 0.4) is 0 Å². The topological polar surface area (TPSA) is 90.0 Å². The van der Waals surface area contributed by atoms with Gasteiger partial charge in [0.2, 0.25) is 15.9 Å². The quantitative estimate of drug-likeness (QED) is 0.677. The number of hydrogen-bond donors (Lipinski definition) is 2. The number of rotatable bonds is 5. The standard InChI is InChI=1S/C13H25N3O4S/c1-21(19,20)14-6-5-13(18)16-9-7-15(8-10-16)11-3-2-4-12(11)17/h11-12,14,17H,2-10H2,1H3/t11-,12-/m0/s1. The molecule has 2 rings (SSSR count). The SMILES string of the molecule is CS(=O)(=O)NCCC(=O)N1CCN([C@H]2CCC[C@@H]2O)CC1. The van der Waals surface area contributed by atoms with Gasteiger partial charge in [-0.15, -0.1) is 0 Å². The summed E-state index contributed by atoms with van der Waals surface area (Å²) < 4.78 is 24.2. The molecule has 0 aromatic carbocycles. The molecular weight excluding hydrogens is 294 g/mol. The lowest BCUT2D eigenvalue weighted by Crippen LogP contribution is -2.53. The Kier molecular flexibility index (Phi) is 5.59. The van der Waals surface area contributed by atoms with E-state index in [-0.39, 0.29) is 31.0 Å². The Bertz CT molecular complexity index is 460. The normalized spacial score (nSPS) is 28.0. The van der Waals surface area contributed by atoms with E-state index in [9.17, 15) is 18.3 Å². The Hall–Kier alpha value is -0.700. The van der Waals surface area contributed by atoms with Crippen LogP contribution in [-0.2, 0) is 14.8 Å². The zero-order chi connectivity index (χ0) is 15.5. The Morgan fingerprint density at radius 2 is 1.90 bits per heavy atom. The molecule has 0 aromatic rings. The van der Waals surface area contributed by atoms with Crippen LogP contribution in [0, 0.1) is 0 Å². The van der Waals surface area contributed by atoms with Gasteiger partial charge in [-0.3, -0.25) is 9.69 Å². The highest BCUT2D eigenvalue weighted by atomic mass is 32.2. The molecule has 1 saturated carbocycles. The molecule has 1 aliphatic heterocycles. The fourth-order valence-electron chi connectivity index (χ4n) is 3.15. The Labute approximate surface area is 126 Å². The van der Waals surface area contributed by atoms with Crippen LogP contribution in [-0.4, -0.2) is 80.4 Å². The molecule has 2 N–H and O–H groups in total. The summed E-state index contributed by atoms with van der Waals surface area (Å²) in [5, 5.41) is 9.92. The summed E-state index contributed by atoms with van der Waals surface area (Å²) in [7, 11) is -3.23. The average Bonchev–Trinajstić information content (AvgIpc) is 2.83. The lowest BCUT2D eigenvalue weighted by Gasteiger charge is -2.39. The smallest absolute Gasteiger partial charge is 0.223 e. The molecule has 0 bridgehead atoms. The average molecular weight is 319 g/mol. The number of nitrogens with zero attached hydrogens (tertiary/aromatic N) is 2. The van der Waals surface area contributed by atoms with Crippen molar-refractivity contribution < 1.29 is 18.3 Å². The van der Waals surface area contributed by atoms with E-state index in [1.165, 1.54) is 0 Å². The van der Waals surface area contributed by atoms with Gasteiger partial charge in [-0.25, -0.2) is 13.1 Å². The first-order valence-corrected chi connectivity index (χ1v) is 9.40. The number of sulfonamides is 1. The molecule has 1 heterocycles. The van der Waals surface area contributed by atoms with Gasteiger partial charge in [0.05, 0.1) is 12.4 Å². The summed E-state index contributed by atoms with van der Waals surface area (Å²) in [6, 6.07) is 0.245. The van der Waals surface area contributed by atoms with Crippen LogP contribution in [0.15, 0.2) is 0 Å². The van der Waals surface area contributed by atoms with E-state index < -0.39 is 10.0 Å². The van der Waals surface area contributed by atoms with Gasteiger partial charge in [0.1, 0.15) is 0 Å². The van der Waals surface area contributed by atoms with Crippen LogP contribution in [0.5, 0.6) is 0 Å². The van der Waals surface area contributed by atoms with Crippen molar-refractivity contribution in [3.8, 4) is 0 Å². The van der Waals surface area contributed by atoms with E-state index in [1.54, 1.807) is 4.90 Å². The molecule has 2 atom stereocenters. The predicted molar refractivity (Wildman–Crippen MR) is 79.3 cm³/mol. The third-order valence-corrected chi connectivity index (χ3v) is 5.01. The molecule has 0 unspecified atom stereocenters. The monoisotopic (exact) mass is 319 g/mol. The van der Waals surface area contributed by atoms with Gasteiger partial charge in [-0.1, -0.05) is 0 Å². The maximum atomic E-state index is 12.0. The minimum Gasteiger partial charge on any atom is -0.391 e. The zero-order valence-electron chi connectivity index (χ0n) is 12.5. The van der Waals surface area contributed by atoms with Crippen LogP contribution in [0.25, 0.3) is 0 Å². The number of hydrogen-bond acceptors (Lipinski definition) is 5. The number of aliphatic hydroxyl groups excluding tert-OH is 1. The van der Waals surface area contributed by atoms with Gasteiger partial charge in [0, 0.05) is 45.2 Å². The molecule has 1 amide bonds. The molecule has 0 radical (unpaired) electrons. The van der Waals surface area contributed by atoms with Crippen molar-refractivity contribution in [1.82, 2.24) is 14.5 Å². The van der Waals surface area contributed by atoms with Gasteiger partial charge in [-0.05, 0) is 19.3 Å². The highest BCUT2D eigenvalue weighted by molar-refractivity contribution is 7.88. The summed E-state index contributed by atoms with van der Waals surface area (Å²) in [6.07, 6.45) is 4.03. The Morgan fingerprint density at radius 1 is 1.24 bits per heavy atom. The van der Waals surface area contributed by atoms with Crippen molar-refractivity contribution in [2.24, 2.45) is 0 Å². The highest BCUT2D eigenvalue weighted by Crippen LogP contribution is 2.25. The second kappa shape index (κ2) is 7.04. The van der Waals surface area contributed by atoms with E-state index in [1.807, 2.05) is 0 Å². The molecule has 8 heteroatoms. The van der Waals surface area contributed by atoms with Crippen LogP contribution >= 0.6 is 0 Å². The number of nitrogens with one attached hydrogen (secondary N) is 1. The molecule has 2 aliphatic rings. The van der Waals surface area contributed by atoms with Crippen molar-refractivity contribution >= 4 is 15.9 Å². The maximum absolute atomic E-state index is 12.0. The molecule has 21 heavy (non-hydrogen) atoms. The first kappa shape index (κ1) is 16.7. The maximum Gasteiger partial charge on any atom is 0.223 e. The summed E-state index contributed by atoms with van der Waals surface area (Å²) in [5.41, 5.74) is 0. The highest BCUT2D eigenvalue weighted by Gasteiger charge is 2.33. The lowest BCUT2D eigenvalue weighted by atomic mass is 10.1. The number of piperazine rings is 1. The molecule has 2 fully saturated rings. The van der Waals surface area contributed by atoms with E-state index in [2.05, 4.69) is 9.62 Å². The summed E-state index contributed by atoms with van der Waals surface area (Å²) in [6.45, 7) is 3.03. The third kappa shape index (κ3) is 4.91. The fraction of sp³-hybridized carbons (Fsp3) is 0.923. The van der Waals surface area contributed by atoms with Crippen LogP contribution in [0.1, 0.15) is 25.7 Å². The largest absolute Gasteiger partial charge is 0.391 e. The summed E-state index contributed by atoms with van der Waals surface area (Å²) in [5.74, 6) is -0.0160. The Morgan fingerprint density at radius 3 is 2.43 bits per heavy atom. The van der Waals surface area contributed by atoms with Crippen LogP contribution in [0.2, 0.25) is 0 Å². The van der Waals surface area contributed by atoms with Crippen molar-refractivity contribution in [3.63, 3.8) is 0 Å². The molecular formula is C13H25N3O4S. The van der Waals surface area contributed by atoms with Crippen molar-refractivity contribution in [1.29, 1.82) is 0 Å². The molecule has 0 spiro atoms. The minimum atomic E-state index is -3.23. The van der Waals surface area contributed by atoms with Crippen molar-refractivity contribution in [3.05, 3.63) is 0 Å². The first-order valence-electron chi connectivity index (χ1n) is 7.51. The second-order valence-corrected chi connectivity index (χ2v) is 7.73. The minimum absolute atomic E-state index is 0.0160. The zero-order valence-corrected chi connectivity index (χ0v) is 13.3. The summed E-state index contributed by atoms with van der Waals surface area (Å²) in [4.78, 5) is 16.1. The molecule has 1 saturated heterocycles. The van der Waals surface area contributed by atoms with E-state index in [4.69, 9.17) is 0 Å². The molecule has 0 aromatic heterocycles. The lowest BCUT2D eigenvalue weighted by molar-refractivity contribution is -0.133. The van der Waals surface area contributed by atoms with Crippen molar-refractivity contribution in [2.45, 2.75) is 37.8 Å². The van der Waals surface area contributed by atoms with Gasteiger partial charge in [0.15, 0.2) is 0 Å². The van der Waals surface area contributed by atoms with Gasteiger partial charge < -0.3 is 10.0 Å². The van der Waals surface area contributed by atoms with Crippen LogP contribution in [0.4, 0.5) is 0 Å². The summed E-state index contributed by atoms with van der Waals surface area (Å²) >= 11 is 0. The Balaban J connectivity index is 1.72. The first-order chi connectivity index (χ1) is 9.87. The molecule has 7 nitrogen and oxygen atoms in total. The predicted octanol–water partition coefficient (Wildman–Crippen LogP) is -1.02. The van der Waals surface area contributed by atoms with E-state index in [0.29, 0.717) is 13.1 Å². The van der Waals surface area contributed by atoms with E-state index in [0.717, 1.165) is 38.6 Å². The van der Waals surface area contributed by atoms with Crippen molar-refractivity contribution in [2.75, 3.05) is 39.0 Å². The number of carbonyl (C=O) groups is 1. The van der Waals surface area contributed by atoms with Crippen LogP contribution < -0.4 is 4.72 Å². The fourth-order valence-corrected chi connectivity index (χ4v) is 3.62. The van der Waals surface area contributed by atoms with Gasteiger partial charge in [-0.2, -0.15) is 0 Å². The third-order valence-electron chi connectivity index (χ3n) is 4.28. The van der Waals surface area contributed by atoms with Gasteiger partial charge >= 0.3 is 0 Å². The molecule has 122 valence electrons. The van der Waals surface area contributed by atoms with E-state index >= 15 is 0 Å². The number of carbonyl (C=O) groups excluding carboxylic acids is 1. The molecule has 1 aliphatic carbocycles. The number of amides is 1. The second-order valence-electron chi connectivity index (χ2n) is 5.90. The van der Waals surface area contributed by atoms with Gasteiger partial charge in [0.25, 0.3) is 0 Å².